The second-order valence-corrected chi connectivity index (χ2v) is 8.49. The average Bonchev–Trinajstić information content (AvgIpc) is 2.89. The highest BCUT2D eigenvalue weighted by Gasteiger charge is 2.22. The summed E-state index contributed by atoms with van der Waals surface area (Å²) in [7, 11) is -3.64. The maximum Gasteiger partial charge on any atom is 0.242 e. The third-order valence-corrected chi connectivity index (χ3v) is 6.57. The van der Waals surface area contributed by atoms with Crippen molar-refractivity contribution in [3.63, 3.8) is 0 Å². The van der Waals surface area contributed by atoms with E-state index < -0.39 is 10.0 Å². The normalized spacial score (nSPS) is 19.1. The van der Waals surface area contributed by atoms with E-state index >= 15 is 0 Å². The highest BCUT2D eigenvalue weighted by molar-refractivity contribution is 8.00. The van der Waals surface area contributed by atoms with E-state index in [1.165, 1.54) is 12.1 Å². The van der Waals surface area contributed by atoms with Crippen LogP contribution in [0.2, 0.25) is 5.02 Å². The van der Waals surface area contributed by atoms with Gasteiger partial charge in [-0.2, -0.15) is 11.8 Å². The van der Waals surface area contributed by atoms with Gasteiger partial charge in [0.05, 0.1) is 5.02 Å². The molecule has 1 unspecified atom stereocenters. The first-order chi connectivity index (χ1) is 9.40. The molecule has 0 spiro atoms. The molecule has 1 atom stereocenters. The Kier molecular flexibility index (Phi) is 5.30. The number of hydrogen-bond acceptors (Lipinski definition) is 4. The highest BCUT2D eigenvalue weighted by Crippen LogP contribution is 2.27. The van der Waals surface area contributed by atoms with Crippen molar-refractivity contribution in [1.29, 1.82) is 0 Å². The van der Waals surface area contributed by atoms with Crippen LogP contribution in [0, 0.1) is 0 Å². The molecule has 1 heterocycles. The van der Waals surface area contributed by atoms with Crippen LogP contribution in [0.15, 0.2) is 23.1 Å². The molecule has 3 N–H and O–H groups in total. The second-order valence-electron chi connectivity index (χ2n) is 4.50. The zero-order chi connectivity index (χ0) is 14.8. The van der Waals surface area contributed by atoms with E-state index in [4.69, 9.17) is 29.6 Å². The van der Waals surface area contributed by atoms with Gasteiger partial charge in [-0.05, 0) is 30.7 Å². The number of thioether (sulfide) groups is 1. The largest absolute Gasteiger partial charge is 0.389 e. The molecule has 0 saturated carbocycles. The maximum atomic E-state index is 12.3. The van der Waals surface area contributed by atoms with Crippen LogP contribution < -0.4 is 10.5 Å². The lowest BCUT2D eigenvalue weighted by Gasteiger charge is -2.12. The molecule has 20 heavy (non-hydrogen) atoms. The van der Waals surface area contributed by atoms with Crippen LogP contribution in [0.5, 0.6) is 0 Å². The van der Waals surface area contributed by atoms with Crippen molar-refractivity contribution in [2.24, 2.45) is 5.73 Å². The summed E-state index contributed by atoms with van der Waals surface area (Å²) >= 11 is 12.6. The first-order valence-electron chi connectivity index (χ1n) is 6.11. The summed E-state index contributed by atoms with van der Waals surface area (Å²) in [5.74, 6) is 1.09. The fraction of sp³-hybridized carbons (Fsp3) is 0.417. The quantitative estimate of drug-likeness (QED) is 0.796. The van der Waals surface area contributed by atoms with Crippen molar-refractivity contribution in [2.45, 2.75) is 23.0 Å². The third-order valence-electron chi connectivity index (χ3n) is 3.03. The lowest BCUT2D eigenvalue weighted by molar-refractivity contribution is 0.579. The molecule has 1 saturated heterocycles. The maximum absolute atomic E-state index is 12.3. The van der Waals surface area contributed by atoms with Crippen LogP contribution in [0.1, 0.15) is 18.4 Å². The molecule has 1 fully saturated rings. The zero-order valence-corrected chi connectivity index (χ0v) is 13.8. The van der Waals surface area contributed by atoms with E-state index in [1.54, 1.807) is 17.8 Å². The molecule has 0 radical (unpaired) electrons. The predicted molar refractivity (Wildman–Crippen MR) is 88.0 cm³/mol. The fourth-order valence-electron chi connectivity index (χ4n) is 1.95. The predicted octanol–water partition coefficient (Wildman–Crippen LogP) is 2.15. The van der Waals surface area contributed by atoms with E-state index in [2.05, 4.69) is 4.72 Å². The van der Waals surface area contributed by atoms with Crippen LogP contribution in [0.25, 0.3) is 0 Å². The molecule has 2 rings (SSSR count). The average molecular weight is 351 g/mol. The first kappa shape index (κ1) is 16.0. The van der Waals surface area contributed by atoms with Gasteiger partial charge in [-0.25, -0.2) is 13.1 Å². The standard InChI is InChI=1S/C12H15ClN2O2S3/c13-10-4-3-8(12(14)18)6-11(10)20(16,17)15-7-9-2-1-5-19-9/h3-4,6,9,15H,1-2,5,7H2,(H2,14,18). The summed E-state index contributed by atoms with van der Waals surface area (Å²) in [4.78, 5) is 0.164. The Bertz CT molecular complexity index is 613. The minimum absolute atomic E-state index is 0.0208. The summed E-state index contributed by atoms with van der Waals surface area (Å²) in [6.45, 7) is 0.417. The number of hydrogen-bond donors (Lipinski definition) is 2. The van der Waals surface area contributed by atoms with Gasteiger partial charge in [-0.15, -0.1) is 0 Å². The van der Waals surface area contributed by atoms with Crippen molar-refractivity contribution in [2.75, 3.05) is 12.3 Å². The number of nitrogens with two attached hydrogens (primary N) is 1. The van der Waals surface area contributed by atoms with Gasteiger partial charge in [-0.3, -0.25) is 0 Å². The molecular weight excluding hydrogens is 336 g/mol. The lowest BCUT2D eigenvalue weighted by atomic mass is 10.2. The number of benzene rings is 1. The number of halogens is 1. The van der Waals surface area contributed by atoms with E-state index in [-0.39, 0.29) is 14.9 Å². The zero-order valence-electron chi connectivity index (χ0n) is 10.6. The van der Waals surface area contributed by atoms with Gasteiger partial charge in [0.25, 0.3) is 0 Å². The van der Waals surface area contributed by atoms with Gasteiger partial charge in [0.2, 0.25) is 10.0 Å². The van der Waals surface area contributed by atoms with Crippen LogP contribution in [0.4, 0.5) is 0 Å². The Morgan fingerprint density at radius 2 is 2.30 bits per heavy atom. The monoisotopic (exact) mass is 350 g/mol. The van der Waals surface area contributed by atoms with Gasteiger partial charge < -0.3 is 5.73 Å². The molecule has 1 aliphatic heterocycles. The van der Waals surface area contributed by atoms with Crippen molar-refractivity contribution in [1.82, 2.24) is 4.72 Å². The molecular formula is C12H15ClN2O2S3. The molecule has 1 aliphatic rings. The van der Waals surface area contributed by atoms with Gasteiger partial charge >= 0.3 is 0 Å². The van der Waals surface area contributed by atoms with Gasteiger partial charge in [0.1, 0.15) is 9.88 Å². The Morgan fingerprint density at radius 1 is 1.55 bits per heavy atom. The summed E-state index contributed by atoms with van der Waals surface area (Å²) < 4.78 is 27.2. The molecule has 0 aromatic heterocycles. The van der Waals surface area contributed by atoms with E-state index in [0.717, 1.165) is 18.6 Å². The van der Waals surface area contributed by atoms with Crippen LogP contribution in [0.3, 0.4) is 0 Å². The fourth-order valence-corrected chi connectivity index (χ4v) is 4.99. The van der Waals surface area contributed by atoms with Gasteiger partial charge in [0.15, 0.2) is 0 Å². The topological polar surface area (TPSA) is 72.2 Å². The van der Waals surface area contributed by atoms with Crippen molar-refractivity contribution >= 4 is 50.6 Å². The molecule has 110 valence electrons. The van der Waals surface area contributed by atoms with E-state index in [9.17, 15) is 8.42 Å². The molecule has 0 bridgehead atoms. The SMILES string of the molecule is NC(=S)c1ccc(Cl)c(S(=O)(=O)NCC2CCCS2)c1. The summed E-state index contributed by atoms with van der Waals surface area (Å²) in [6, 6.07) is 4.51. The molecule has 0 aliphatic carbocycles. The molecule has 4 nitrogen and oxygen atoms in total. The number of thiocarbonyl (C=S) groups is 1. The number of sulfonamides is 1. The minimum Gasteiger partial charge on any atom is -0.389 e. The smallest absolute Gasteiger partial charge is 0.242 e. The van der Waals surface area contributed by atoms with Crippen LogP contribution in [-0.2, 0) is 10.0 Å². The first-order valence-corrected chi connectivity index (χ1v) is 9.42. The molecule has 0 amide bonds. The van der Waals surface area contributed by atoms with Crippen molar-refractivity contribution in [3.8, 4) is 0 Å². The Hall–Kier alpha value is -0.340. The van der Waals surface area contributed by atoms with Crippen molar-refractivity contribution < 1.29 is 8.42 Å². The molecule has 1 aromatic rings. The van der Waals surface area contributed by atoms with Crippen molar-refractivity contribution in [3.05, 3.63) is 28.8 Å². The van der Waals surface area contributed by atoms with Gasteiger partial charge in [-0.1, -0.05) is 29.9 Å². The van der Waals surface area contributed by atoms with Crippen LogP contribution >= 0.6 is 35.6 Å². The lowest BCUT2D eigenvalue weighted by Crippen LogP contribution is -2.30. The van der Waals surface area contributed by atoms with E-state index in [0.29, 0.717) is 17.4 Å². The number of rotatable bonds is 5. The Labute approximate surface area is 133 Å². The second kappa shape index (κ2) is 6.62. The number of nitrogens with one attached hydrogen (secondary N) is 1. The highest BCUT2D eigenvalue weighted by atomic mass is 35.5. The van der Waals surface area contributed by atoms with E-state index in [1.807, 2.05) is 0 Å². The molecule has 1 aromatic carbocycles. The Morgan fingerprint density at radius 3 is 2.90 bits per heavy atom. The molecule has 8 heteroatoms. The minimum atomic E-state index is -3.64. The Balaban J connectivity index is 2.19. The summed E-state index contributed by atoms with van der Waals surface area (Å²) in [5.41, 5.74) is 6.01. The third kappa shape index (κ3) is 3.85. The van der Waals surface area contributed by atoms with Crippen LogP contribution in [-0.4, -0.2) is 31.0 Å². The summed E-state index contributed by atoms with van der Waals surface area (Å²) in [6.07, 6.45) is 2.17. The summed E-state index contributed by atoms with van der Waals surface area (Å²) in [5, 5.41) is 0.499. The van der Waals surface area contributed by atoms with Gasteiger partial charge in [0, 0.05) is 17.4 Å².